The van der Waals surface area contributed by atoms with Gasteiger partial charge in [0, 0.05) is 11.6 Å². The number of rotatable bonds is 5. The minimum Gasteiger partial charge on any atom is -0.481 e. The quantitative estimate of drug-likeness (QED) is 0.727. The van der Waals surface area contributed by atoms with Crippen molar-refractivity contribution in [3.8, 4) is 0 Å². The van der Waals surface area contributed by atoms with Gasteiger partial charge in [0.05, 0.1) is 34.7 Å². The molecular formula is C13H12N4O2S2. The van der Waals surface area contributed by atoms with Crippen molar-refractivity contribution in [3.05, 3.63) is 34.5 Å². The average Bonchev–Trinajstić information content (AvgIpc) is 3.01. The fourth-order valence-electron chi connectivity index (χ4n) is 1.99. The lowest BCUT2D eigenvalue weighted by atomic mass is 10.4. The Morgan fingerprint density at radius 1 is 1.48 bits per heavy atom. The third-order valence-electron chi connectivity index (χ3n) is 2.83. The monoisotopic (exact) mass is 320 g/mol. The molecule has 0 spiro atoms. The molecule has 0 saturated carbocycles. The minimum absolute atomic E-state index is 0.0210. The van der Waals surface area contributed by atoms with Gasteiger partial charge in [0.1, 0.15) is 5.52 Å². The van der Waals surface area contributed by atoms with Crippen LogP contribution in [0.1, 0.15) is 10.7 Å². The summed E-state index contributed by atoms with van der Waals surface area (Å²) in [5, 5.41) is 12.5. The molecule has 6 nitrogen and oxygen atoms in total. The third kappa shape index (κ3) is 3.06. The summed E-state index contributed by atoms with van der Waals surface area (Å²) in [5.74, 6) is -0.881. The maximum Gasteiger partial charge on any atom is 0.313 e. The van der Waals surface area contributed by atoms with E-state index in [9.17, 15) is 4.79 Å². The predicted octanol–water partition coefficient (Wildman–Crippen LogP) is 2.42. The van der Waals surface area contributed by atoms with Crippen molar-refractivity contribution in [1.29, 1.82) is 0 Å². The van der Waals surface area contributed by atoms with Gasteiger partial charge < -0.3 is 9.67 Å². The summed E-state index contributed by atoms with van der Waals surface area (Å²) >= 11 is 2.80. The number of imidazole rings is 1. The molecule has 3 aromatic rings. The van der Waals surface area contributed by atoms with Crippen LogP contribution < -0.4 is 0 Å². The van der Waals surface area contributed by atoms with E-state index in [1.807, 2.05) is 22.9 Å². The zero-order chi connectivity index (χ0) is 14.8. The number of hydrogen-bond acceptors (Lipinski definition) is 6. The van der Waals surface area contributed by atoms with Gasteiger partial charge in [-0.05, 0) is 13.0 Å². The van der Waals surface area contributed by atoms with E-state index in [4.69, 9.17) is 5.11 Å². The predicted molar refractivity (Wildman–Crippen MR) is 81.8 cm³/mol. The Hall–Kier alpha value is -1.93. The number of aromatic nitrogens is 4. The van der Waals surface area contributed by atoms with Crippen LogP contribution in [0.25, 0.3) is 11.0 Å². The second-order valence-corrected chi connectivity index (χ2v) is 6.39. The van der Waals surface area contributed by atoms with E-state index in [2.05, 4.69) is 15.0 Å². The van der Waals surface area contributed by atoms with E-state index >= 15 is 0 Å². The van der Waals surface area contributed by atoms with Crippen LogP contribution in [0.5, 0.6) is 0 Å². The van der Waals surface area contributed by atoms with E-state index in [0.717, 1.165) is 21.7 Å². The van der Waals surface area contributed by atoms with Crippen molar-refractivity contribution in [1.82, 2.24) is 19.5 Å². The second kappa shape index (κ2) is 5.82. The van der Waals surface area contributed by atoms with Gasteiger partial charge in [-0.15, -0.1) is 11.3 Å². The van der Waals surface area contributed by atoms with Gasteiger partial charge in [0.2, 0.25) is 0 Å². The SMILES string of the molecule is Cc1nc(Cn2c(SCC(=O)O)nc3cnccc32)cs1. The molecule has 0 aromatic carbocycles. The van der Waals surface area contributed by atoms with Gasteiger partial charge in [-0.2, -0.15) is 0 Å². The number of thioether (sulfide) groups is 1. The molecule has 0 saturated heterocycles. The normalized spacial score (nSPS) is 11.1. The number of fused-ring (bicyclic) bond motifs is 1. The molecule has 0 aliphatic heterocycles. The molecule has 1 N–H and O–H groups in total. The molecule has 0 bridgehead atoms. The molecule has 3 aromatic heterocycles. The lowest BCUT2D eigenvalue weighted by Crippen LogP contribution is -2.04. The van der Waals surface area contributed by atoms with Gasteiger partial charge in [-0.1, -0.05) is 11.8 Å². The molecule has 3 rings (SSSR count). The van der Waals surface area contributed by atoms with Crippen molar-refractivity contribution in [2.75, 3.05) is 5.75 Å². The number of nitrogens with zero attached hydrogens (tertiary/aromatic N) is 4. The van der Waals surface area contributed by atoms with Gasteiger partial charge in [0.15, 0.2) is 5.16 Å². The fourth-order valence-corrected chi connectivity index (χ4v) is 3.33. The van der Waals surface area contributed by atoms with Crippen molar-refractivity contribution < 1.29 is 9.90 Å². The Morgan fingerprint density at radius 2 is 2.33 bits per heavy atom. The van der Waals surface area contributed by atoms with Crippen LogP contribution in [0.3, 0.4) is 0 Å². The van der Waals surface area contributed by atoms with Crippen molar-refractivity contribution >= 4 is 40.1 Å². The highest BCUT2D eigenvalue weighted by Crippen LogP contribution is 2.25. The lowest BCUT2D eigenvalue weighted by Gasteiger charge is -2.06. The van der Waals surface area contributed by atoms with Crippen LogP contribution in [-0.2, 0) is 11.3 Å². The third-order valence-corrected chi connectivity index (χ3v) is 4.61. The first-order chi connectivity index (χ1) is 10.1. The molecule has 0 aliphatic rings. The highest BCUT2D eigenvalue weighted by atomic mass is 32.2. The van der Waals surface area contributed by atoms with Crippen molar-refractivity contribution in [2.24, 2.45) is 0 Å². The van der Waals surface area contributed by atoms with E-state index in [1.54, 1.807) is 23.7 Å². The van der Waals surface area contributed by atoms with Gasteiger partial charge in [-0.3, -0.25) is 9.78 Å². The second-order valence-electron chi connectivity index (χ2n) is 4.39. The summed E-state index contributed by atoms with van der Waals surface area (Å²) in [5.41, 5.74) is 2.65. The van der Waals surface area contributed by atoms with Crippen LogP contribution >= 0.6 is 23.1 Å². The van der Waals surface area contributed by atoms with Crippen LogP contribution in [0.4, 0.5) is 0 Å². The largest absolute Gasteiger partial charge is 0.481 e. The summed E-state index contributed by atoms with van der Waals surface area (Å²) in [6, 6.07) is 1.88. The Balaban J connectivity index is 2.00. The number of carboxylic acids is 1. The summed E-state index contributed by atoms with van der Waals surface area (Å²) < 4.78 is 1.99. The number of thiazole rings is 1. The van der Waals surface area contributed by atoms with E-state index in [-0.39, 0.29) is 5.75 Å². The molecule has 0 fully saturated rings. The average molecular weight is 320 g/mol. The molecule has 0 atom stereocenters. The summed E-state index contributed by atoms with van der Waals surface area (Å²) in [6.07, 6.45) is 3.39. The van der Waals surface area contributed by atoms with E-state index in [1.165, 1.54) is 11.8 Å². The maximum absolute atomic E-state index is 10.8. The Morgan fingerprint density at radius 3 is 3.05 bits per heavy atom. The zero-order valence-electron chi connectivity index (χ0n) is 11.2. The van der Waals surface area contributed by atoms with Crippen LogP contribution in [0.2, 0.25) is 0 Å². The molecular weight excluding hydrogens is 308 g/mol. The summed E-state index contributed by atoms with van der Waals surface area (Å²) in [7, 11) is 0. The first-order valence-electron chi connectivity index (χ1n) is 6.19. The molecule has 0 unspecified atom stereocenters. The molecule has 21 heavy (non-hydrogen) atoms. The highest BCUT2D eigenvalue weighted by Gasteiger charge is 2.14. The van der Waals surface area contributed by atoms with Crippen LogP contribution in [0.15, 0.2) is 29.0 Å². The Labute approximate surface area is 128 Å². The number of aryl methyl sites for hydroxylation is 1. The van der Waals surface area contributed by atoms with E-state index < -0.39 is 5.97 Å². The Bertz CT molecular complexity index is 796. The zero-order valence-corrected chi connectivity index (χ0v) is 12.8. The minimum atomic E-state index is -0.860. The topological polar surface area (TPSA) is 80.9 Å². The van der Waals surface area contributed by atoms with Crippen molar-refractivity contribution in [3.63, 3.8) is 0 Å². The number of aliphatic carboxylic acids is 1. The number of pyridine rings is 1. The first kappa shape index (κ1) is 14.0. The van der Waals surface area contributed by atoms with Crippen molar-refractivity contribution in [2.45, 2.75) is 18.6 Å². The number of carboxylic acid groups (broad SMARTS) is 1. The van der Waals surface area contributed by atoms with Gasteiger partial charge >= 0.3 is 5.97 Å². The maximum atomic E-state index is 10.8. The van der Waals surface area contributed by atoms with Gasteiger partial charge in [-0.25, -0.2) is 9.97 Å². The first-order valence-corrected chi connectivity index (χ1v) is 8.06. The smallest absolute Gasteiger partial charge is 0.313 e. The van der Waals surface area contributed by atoms with Crippen LogP contribution in [-0.4, -0.2) is 36.3 Å². The lowest BCUT2D eigenvalue weighted by molar-refractivity contribution is -0.133. The Kier molecular flexibility index (Phi) is 3.89. The standard InChI is InChI=1S/C13H12N4O2S2/c1-8-15-9(6-20-8)5-17-11-2-3-14-4-10(11)16-13(17)21-7-12(18)19/h2-4,6H,5,7H2,1H3,(H,18,19). The molecule has 3 heterocycles. The molecule has 108 valence electrons. The fraction of sp³-hybridized carbons (Fsp3) is 0.231. The molecule has 0 aliphatic carbocycles. The van der Waals surface area contributed by atoms with Gasteiger partial charge in [0.25, 0.3) is 0 Å². The number of carbonyl (C=O) groups is 1. The number of hydrogen-bond donors (Lipinski definition) is 1. The summed E-state index contributed by atoms with van der Waals surface area (Å²) in [6.45, 7) is 2.54. The highest BCUT2D eigenvalue weighted by molar-refractivity contribution is 7.99. The summed E-state index contributed by atoms with van der Waals surface area (Å²) in [4.78, 5) is 23.8. The molecule has 0 radical (unpaired) electrons. The molecule has 8 heteroatoms. The van der Waals surface area contributed by atoms with Crippen LogP contribution in [0, 0.1) is 6.92 Å². The molecule has 0 amide bonds. The van der Waals surface area contributed by atoms with E-state index in [0.29, 0.717) is 11.7 Å².